The van der Waals surface area contributed by atoms with Crippen LogP contribution in [0, 0.1) is 23.7 Å². The van der Waals surface area contributed by atoms with Gasteiger partial charge in [0.2, 0.25) is 5.91 Å². The molecule has 6 heterocycles. The summed E-state index contributed by atoms with van der Waals surface area (Å²) < 4.78 is 38.6. The maximum absolute atomic E-state index is 16.5. The van der Waals surface area contributed by atoms with Crippen molar-refractivity contribution in [2.45, 2.75) is 126 Å². The lowest BCUT2D eigenvalue weighted by Crippen LogP contribution is -2.81. The molecule has 6 aliphatic heterocycles. The predicted octanol–water partition coefficient (Wildman–Crippen LogP) is 2.77. The monoisotopic (exact) mass is 604 g/mol. The van der Waals surface area contributed by atoms with Gasteiger partial charge in [0.1, 0.15) is 12.3 Å². The second-order valence-electron chi connectivity index (χ2n) is 14.5. The van der Waals surface area contributed by atoms with Gasteiger partial charge in [-0.3, -0.25) is 15.0 Å². The van der Waals surface area contributed by atoms with Crippen molar-refractivity contribution in [1.82, 2.24) is 30.7 Å². The second-order valence-corrected chi connectivity index (χ2v) is 14.5. The van der Waals surface area contributed by atoms with Gasteiger partial charge in [-0.2, -0.15) is 0 Å². The Morgan fingerprint density at radius 3 is 2.70 bits per heavy atom. The van der Waals surface area contributed by atoms with E-state index in [9.17, 15) is 9.59 Å². The summed E-state index contributed by atoms with van der Waals surface area (Å²) >= 11 is 0. The van der Waals surface area contributed by atoms with Crippen LogP contribution in [0.25, 0.3) is 0 Å². The molecule has 43 heavy (non-hydrogen) atoms. The van der Waals surface area contributed by atoms with Gasteiger partial charge < -0.3 is 25.2 Å². The van der Waals surface area contributed by atoms with Crippen LogP contribution in [0.4, 0.5) is 13.6 Å². The third-order valence-corrected chi connectivity index (χ3v) is 12.1. The normalized spacial score (nSPS) is 46.8. The molecule has 2 bridgehead atoms. The summed E-state index contributed by atoms with van der Waals surface area (Å²) in [7, 11) is 0. The first-order chi connectivity index (χ1) is 20.8. The molecular weight excluding hydrogens is 554 g/mol. The standard InChI is InChI=1S/C32H50F2N6O3/c1-4-25(41)38-13-11-22-23(38)16-39(22)30-19-15-21(34)28-26-20(33)8-5-9-24(26)43-14-6-7-18-10-12-35-27(17(2)3)29(18)40(31(19)36-28)32(42)37-30/h4,17-24,26-31,35-36H,1,5-16H2,2-3H3,(H,37,42)/t18?,19?,20?,21?,22-,23?,24?,26?,27?,28?,29?,30?,31?/m0/s1. The van der Waals surface area contributed by atoms with Crippen molar-refractivity contribution in [3.05, 3.63) is 12.7 Å². The largest absolute Gasteiger partial charge is 0.378 e. The first kappa shape index (κ1) is 29.9. The lowest BCUT2D eigenvalue weighted by Gasteiger charge is -2.61. The predicted molar refractivity (Wildman–Crippen MR) is 158 cm³/mol. The number of ether oxygens (including phenoxy) is 1. The zero-order valence-electron chi connectivity index (χ0n) is 25.7. The molecule has 3 amide bonds. The van der Waals surface area contributed by atoms with Crippen LogP contribution in [-0.4, -0.2) is 114 Å². The van der Waals surface area contributed by atoms with Gasteiger partial charge in [-0.05, 0) is 75.8 Å². The van der Waals surface area contributed by atoms with Crippen LogP contribution in [-0.2, 0) is 9.53 Å². The summed E-state index contributed by atoms with van der Waals surface area (Å²) in [5.74, 6) is -0.251. The van der Waals surface area contributed by atoms with Gasteiger partial charge in [-0.1, -0.05) is 20.4 Å². The Hall–Kier alpha value is -1.82. The molecule has 240 valence electrons. The molecule has 0 spiro atoms. The lowest BCUT2D eigenvalue weighted by molar-refractivity contribution is -0.141. The third-order valence-electron chi connectivity index (χ3n) is 12.1. The minimum Gasteiger partial charge on any atom is -0.378 e. The number of rotatable bonds is 3. The topological polar surface area (TPSA) is 89.2 Å². The van der Waals surface area contributed by atoms with Crippen LogP contribution in [0.15, 0.2) is 12.7 Å². The van der Waals surface area contributed by atoms with Gasteiger partial charge in [0.05, 0.1) is 30.5 Å². The molecule has 13 atom stereocenters. The molecule has 7 fully saturated rings. The molecule has 0 aromatic rings. The number of halogens is 2. The minimum absolute atomic E-state index is 0.0584. The van der Waals surface area contributed by atoms with E-state index in [0.29, 0.717) is 38.0 Å². The molecule has 0 aromatic heterocycles. The van der Waals surface area contributed by atoms with Crippen molar-refractivity contribution in [1.29, 1.82) is 0 Å². The van der Waals surface area contributed by atoms with Gasteiger partial charge in [0, 0.05) is 49.7 Å². The van der Waals surface area contributed by atoms with Crippen LogP contribution < -0.4 is 16.0 Å². The lowest BCUT2D eigenvalue weighted by atomic mass is 9.72. The van der Waals surface area contributed by atoms with Gasteiger partial charge in [0.25, 0.3) is 0 Å². The van der Waals surface area contributed by atoms with E-state index in [1.165, 1.54) is 6.08 Å². The third kappa shape index (κ3) is 5.00. The second kappa shape index (κ2) is 11.8. The van der Waals surface area contributed by atoms with E-state index in [2.05, 4.69) is 41.3 Å². The Balaban J connectivity index is 1.24. The van der Waals surface area contributed by atoms with Crippen molar-refractivity contribution >= 4 is 11.9 Å². The Kier molecular flexibility index (Phi) is 8.22. The number of nitrogens with zero attached hydrogens (tertiary/aromatic N) is 3. The Morgan fingerprint density at radius 1 is 1.07 bits per heavy atom. The first-order valence-electron chi connectivity index (χ1n) is 16.9. The molecule has 7 rings (SSSR count). The fraction of sp³-hybridized carbons (Fsp3) is 0.875. The zero-order chi connectivity index (χ0) is 30.0. The molecule has 6 saturated heterocycles. The summed E-state index contributed by atoms with van der Waals surface area (Å²) in [4.78, 5) is 33.0. The fourth-order valence-electron chi connectivity index (χ4n) is 10.1. The van der Waals surface area contributed by atoms with E-state index >= 15 is 8.78 Å². The van der Waals surface area contributed by atoms with Crippen LogP contribution in [0.3, 0.4) is 0 Å². The fourth-order valence-corrected chi connectivity index (χ4v) is 10.1. The van der Waals surface area contributed by atoms with E-state index in [0.717, 1.165) is 45.1 Å². The maximum Gasteiger partial charge on any atom is 0.320 e. The van der Waals surface area contributed by atoms with Crippen molar-refractivity contribution in [2.24, 2.45) is 23.7 Å². The number of fused-ring (bicyclic) bond motifs is 6. The Morgan fingerprint density at radius 2 is 1.91 bits per heavy atom. The molecule has 0 aromatic carbocycles. The van der Waals surface area contributed by atoms with E-state index in [4.69, 9.17) is 4.74 Å². The molecule has 1 saturated carbocycles. The molecule has 0 radical (unpaired) electrons. The Labute approximate surface area is 254 Å². The van der Waals surface area contributed by atoms with Crippen LogP contribution >= 0.6 is 0 Å². The molecule has 1 aliphatic carbocycles. The number of carbonyl (C=O) groups is 2. The molecule has 3 N–H and O–H groups in total. The highest BCUT2D eigenvalue weighted by Gasteiger charge is 2.60. The zero-order valence-corrected chi connectivity index (χ0v) is 25.7. The van der Waals surface area contributed by atoms with E-state index in [1.807, 2.05) is 9.80 Å². The number of piperidine rings is 2. The number of urea groups is 1. The number of nitrogens with one attached hydrogen (secondary N) is 3. The van der Waals surface area contributed by atoms with Gasteiger partial charge in [-0.15, -0.1) is 0 Å². The average molecular weight is 605 g/mol. The summed E-state index contributed by atoms with van der Waals surface area (Å²) in [5, 5.41) is 10.7. The van der Waals surface area contributed by atoms with Crippen molar-refractivity contribution in [3.8, 4) is 0 Å². The molecular formula is C32H50F2N6O3. The molecule has 11 heteroatoms. The van der Waals surface area contributed by atoms with Crippen molar-refractivity contribution in [3.63, 3.8) is 0 Å². The number of alkyl halides is 2. The van der Waals surface area contributed by atoms with Gasteiger partial charge in [-0.25, -0.2) is 13.6 Å². The Bertz CT molecular complexity index is 1080. The number of hydrogen-bond acceptors (Lipinski definition) is 6. The molecule has 12 unspecified atom stereocenters. The smallest absolute Gasteiger partial charge is 0.320 e. The van der Waals surface area contributed by atoms with Crippen molar-refractivity contribution < 1.29 is 23.1 Å². The summed E-state index contributed by atoms with van der Waals surface area (Å²) in [5.41, 5.74) is 0. The van der Waals surface area contributed by atoms with Gasteiger partial charge in [0.15, 0.2) is 0 Å². The van der Waals surface area contributed by atoms with Crippen molar-refractivity contribution in [2.75, 3.05) is 26.2 Å². The average Bonchev–Trinajstić information content (AvgIpc) is 3.30. The van der Waals surface area contributed by atoms with E-state index in [1.54, 1.807) is 0 Å². The van der Waals surface area contributed by atoms with Crippen LogP contribution in [0.1, 0.15) is 65.2 Å². The number of amides is 3. The quantitative estimate of drug-likeness (QED) is 0.430. The summed E-state index contributed by atoms with van der Waals surface area (Å²) in [6.07, 6.45) is 3.67. The molecule has 9 nitrogen and oxygen atoms in total. The first-order valence-corrected chi connectivity index (χ1v) is 16.9. The summed E-state index contributed by atoms with van der Waals surface area (Å²) in [6.45, 7) is 10.8. The number of hydrogen-bond donors (Lipinski definition) is 3. The SMILES string of the molecule is C=CC(=O)N1CC[C@H]2C1CN2C1NC(=O)N2C3NC(C(F)CC31)C1C(F)CCCC1OCCCC1CCNC(C(C)C)C12. The maximum atomic E-state index is 16.5. The van der Waals surface area contributed by atoms with Gasteiger partial charge >= 0.3 is 6.03 Å². The number of likely N-dealkylation sites (tertiary alicyclic amines) is 2. The minimum atomic E-state index is -1.25. The molecule has 7 aliphatic rings. The van der Waals surface area contributed by atoms with Crippen LogP contribution in [0.2, 0.25) is 0 Å². The number of carbonyl (C=O) groups excluding carboxylic acids is 2. The highest BCUT2D eigenvalue weighted by Crippen LogP contribution is 2.45. The highest BCUT2D eigenvalue weighted by atomic mass is 19.1. The highest BCUT2D eigenvalue weighted by molar-refractivity contribution is 5.87. The van der Waals surface area contributed by atoms with E-state index in [-0.39, 0.29) is 60.7 Å². The summed E-state index contributed by atoms with van der Waals surface area (Å²) in [6, 6.07) is -0.574. The van der Waals surface area contributed by atoms with Crippen LogP contribution in [0.5, 0.6) is 0 Å². The van der Waals surface area contributed by atoms with E-state index < -0.39 is 30.5 Å².